The van der Waals surface area contributed by atoms with Gasteiger partial charge >= 0.3 is 0 Å². The molecule has 1 amide bonds. The number of nitrogens with zero attached hydrogens (tertiary/aromatic N) is 1. The molecule has 0 aromatic heterocycles. The second kappa shape index (κ2) is 5.57. The van der Waals surface area contributed by atoms with Gasteiger partial charge in [-0.15, -0.1) is 0 Å². The summed E-state index contributed by atoms with van der Waals surface area (Å²) in [4.78, 5) is 14.0. The van der Waals surface area contributed by atoms with E-state index in [0.29, 0.717) is 0 Å². The van der Waals surface area contributed by atoms with Crippen molar-refractivity contribution in [3.63, 3.8) is 0 Å². The maximum atomic E-state index is 11.5. The Morgan fingerprint density at radius 1 is 1.39 bits per heavy atom. The minimum atomic E-state index is -0.735. The van der Waals surface area contributed by atoms with Gasteiger partial charge < -0.3 is 16.4 Å². The fourth-order valence-corrected chi connectivity index (χ4v) is 3.66. The van der Waals surface area contributed by atoms with E-state index in [-0.39, 0.29) is 11.8 Å². The van der Waals surface area contributed by atoms with Gasteiger partial charge in [-0.1, -0.05) is 13.3 Å². The van der Waals surface area contributed by atoms with E-state index in [4.69, 9.17) is 11.5 Å². The maximum Gasteiger partial charge on any atom is 0.237 e. The van der Waals surface area contributed by atoms with E-state index in [0.717, 1.165) is 38.1 Å². The van der Waals surface area contributed by atoms with Crippen LogP contribution in [0.5, 0.6) is 0 Å². The lowest BCUT2D eigenvalue weighted by Gasteiger charge is -2.34. The second-order valence-corrected chi connectivity index (χ2v) is 6.33. The van der Waals surface area contributed by atoms with Crippen molar-refractivity contribution in [3.05, 3.63) is 0 Å². The number of nitrogens with two attached hydrogens (primary N) is 2. The van der Waals surface area contributed by atoms with Gasteiger partial charge in [-0.25, -0.2) is 0 Å². The Kier molecular flexibility index (Phi) is 4.28. The molecule has 104 valence electrons. The third-order valence-corrected chi connectivity index (χ3v) is 4.87. The summed E-state index contributed by atoms with van der Waals surface area (Å²) in [7, 11) is 0. The van der Waals surface area contributed by atoms with Crippen LogP contribution in [0.15, 0.2) is 0 Å². The molecule has 1 aliphatic carbocycles. The van der Waals surface area contributed by atoms with Crippen molar-refractivity contribution < 1.29 is 4.79 Å². The first-order chi connectivity index (χ1) is 8.52. The molecule has 0 aromatic carbocycles. The van der Waals surface area contributed by atoms with Gasteiger partial charge in [0.1, 0.15) is 0 Å². The molecule has 1 saturated carbocycles. The molecule has 18 heavy (non-hydrogen) atoms. The predicted octanol–water partition coefficient (Wildman–Crippen LogP) is 1.09. The predicted molar refractivity (Wildman–Crippen MR) is 72.9 cm³/mol. The van der Waals surface area contributed by atoms with Crippen molar-refractivity contribution >= 4 is 5.91 Å². The molecular weight excluding hydrogens is 226 g/mol. The van der Waals surface area contributed by atoms with Crippen molar-refractivity contribution in [2.45, 2.75) is 51.0 Å². The third kappa shape index (κ3) is 2.86. The Hall–Kier alpha value is -0.610. The number of likely N-dealkylation sites (tertiary alicyclic amines) is 1. The van der Waals surface area contributed by atoms with Crippen molar-refractivity contribution in [1.82, 2.24) is 4.90 Å². The number of piperidine rings is 1. The zero-order valence-corrected chi connectivity index (χ0v) is 11.5. The van der Waals surface area contributed by atoms with Gasteiger partial charge in [-0.3, -0.25) is 4.79 Å². The summed E-state index contributed by atoms with van der Waals surface area (Å²) in [5.41, 5.74) is 10.9. The van der Waals surface area contributed by atoms with E-state index >= 15 is 0 Å². The first-order valence-corrected chi connectivity index (χ1v) is 7.33. The van der Waals surface area contributed by atoms with Crippen LogP contribution in [0.25, 0.3) is 0 Å². The Labute approximate surface area is 110 Å². The molecule has 1 heterocycles. The lowest BCUT2D eigenvalue weighted by atomic mass is 9.84. The van der Waals surface area contributed by atoms with Crippen LogP contribution in [0, 0.1) is 11.8 Å². The van der Waals surface area contributed by atoms with Crippen molar-refractivity contribution in [2.24, 2.45) is 23.3 Å². The van der Waals surface area contributed by atoms with Gasteiger partial charge in [0.2, 0.25) is 5.91 Å². The van der Waals surface area contributed by atoms with Gasteiger partial charge in [-0.05, 0) is 57.0 Å². The monoisotopic (exact) mass is 253 g/mol. The highest BCUT2D eigenvalue weighted by Gasteiger charge is 2.44. The number of primary amides is 1. The molecule has 2 rings (SSSR count). The number of hydrogen-bond donors (Lipinski definition) is 2. The summed E-state index contributed by atoms with van der Waals surface area (Å²) >= 11 is 0. The Bertz CT molecular complexity index is 307. The smallest absolute Gasteiger partial charge is 0.237 e. The SMILES string of the molecule is CC1CCCN(CCC2CCCC2(N)C(N)=O)C1. The molecule has 3 unspecified atom stereocenters. The molecule has 1 saturated heterocycles. The Morgan fingerprint density at radius 3 is 2.83 bits per heavy atom. The number of carbonyl (C=O) groups excluding carboxylic acids is 1. The van der Waals surface area contributed by atoms with Crippen LogP contribution in [0.3, 0.4) is 0 Å². The lowest BCUT2D eigenvalue weighted by Crippen LogP contribution is -2.55. The highest BCUT2D eigenvalue weighted by molar-refractivity contribution is 5.85. The fraction of sp³-hybridized carbons (Fsp3) is 0.929. The summed E-state index contributed by atoms with van der Waals surface area (Å²) in [6.07, 6.45) is 6.54. The van der Waals surface area contributed by atoms with Crippen LogP contribution >= 0.6 is 0 Å². The van der Waals surface area contributed by atoms with Gasteiger partial charge in [0.15, 0.2) is 0 Å². The van der Waals surface area contributed by atoms with E-state index in [1.54, 1.807) is 0 Å². The zero-order chi connectivity index (χ0) is 13.2. The second-order valence-electron chi connectivity index (χ2n) is 6.33. The summed E-state index contributed by atoms with van der Waals surface area (Å²) < 4.78 is 0. The molecule has 1 aliphatic heterocycles. The average molecular weight is 253 g/mol. The summed E-state index contributed by atoms with van der Waals surface area (Å²) in [6, 6.07) is 0. The van der Waals surface area contributed by atoms with Gasteiger partial charge in [0, 0.05) is 6.54 Å². The fourth-order valence-electron chi connectivity index (χ4n) is 3.66. The molecule has 0 spiro atoms. The molecule has 0 bridgehead atoms. The average Bonchev–Trinajstić information content (AvgIpc) is 2.70. The van der Waals surface area contributed by atoms with Gasteiger partial charge in [0.25, 0.3) is 0 Å². The molecule has 4 N–H and O–H groups in total. The molecule has 4 nitrogen and oxygen atoms in total. The molecule has 0 radical (unpaired) electrons. The van der Waals surface area contributed by atoms with E-state index in [1.807, 2.05) is 0 Å². The van der Waals surface area contributed by atoms with Crippen LogP contribution in [-0.2, 0) is 4.79 Å². The largest absolute Gasteiger partial charge is 0.368 e. The highest BCUT2D eigenvalue weighted by atomic mass is 16.1. The lowest BCUT2D eigenvalue weighted by molar-refractivity contribution is -0.124. The minimum absolute atomic E-state index is 0.284. The zero-order valence-electron chi connectivity index (χ0n) is 11.5. The van der Waals surface area contributed by atoms with Crippen LogP contribution in [0.1, 0.15) is 45.4 Å². The number of hydrogen-bond acceptors (Lipinski definition) is 3. The molecule has 2 aliphatic rings. The van der Waals surface area contributed by atoms with Crippen LogP contribution < -0.4 is 11.5 Å². The van der Waals surface area contributed by atoms with E-state index in [9.17, 15) is 4.79 Å². The maximum absolute atomic E-state index is 11.5. The van der Waals surface area contributed by atoms with Gasteiger partial charge in [0.05, 0.1) is 5.54 Å². The number of rotatable bonds is 4. The molecule has 2 fully saturated rings. The molecule has 4 heteroatoms. The molecular formula is C14H27N3O. The van der Waals surface area contributed by atoms with E-state index < -0.39 is 5.54 Å². The molecule has 0 aromatic rings. The first kappa shape index (κ1) is 13.8. The highest BCUT2D eigenvalue weighted by Crippen LogP contribution is 2.36. The van der Waals surface area contributed by atoms with E-state index in [2.05, 4.69) is 11.8 Å². The summed E-state index contributed by atoms with van der Waals surface area (Å²) in [5.74, 6) is 0.783. The van der Waals surface area contributed by atoms with Crippen LogP contribution in [0.2, 0.25) is 0 Å². The van der Waals surface area contributed by atoms with Gasteiger partial charge in [-0.2, -0.15) is 0 Å². The van der Waals surface area contributed by atoms with Crippen molar-refractivity contribution in [2.75, 3.05) is 19.6 Å². The normalized spacial score (nSPS) is 37.9. The van der Waals surface area contributed by atoms with E-state index in [1.165, 1.54) is 25.9 Å². The van der Waals surface area contributed by atoms with Crippen LogP contribution in [-0.4, -0.2) is 36.0 Å². The first-order valence-electron chi connectivity index (χ1n) is 7.33. The Balaban J connectivity index is 1.84. The Morgan fingerprint density at radius 2 is 2.17 bits per heavy atom. The van der Waals surface area contributed by atoms with Crippen molar-refractivity contribution in [1.29, 1.82) is 0 Å². The summed E-state index contributed by atoms with van der Waals surface area (Å²) in [6.45, 7) is 5.78. The number of carbonyl (C=O) groups is 1. The quantitative estimate of drug-likeness (QED) is 0.788. The minimum Gasteiger partial charge on any atom is -0.368 e. The third-order valence-electron chi connectivity index (χ3n) is 4.87. The molecule has 3 atom stereocenters. The standard InChI is InChI=1S/C14H27N3O/c1-11-4-3-8-17(10-11)9-6-12-5-2-7-14(12,16)13(15)18/h11-12H,2-10,16H2,1H3,(H2,15,18). The van der Waals surface area contributed by atoms with Crippen LogP contribution in [0.4, 0.5) is 0 Å². The van der Waals surface area contributed by atoms with Crippen molar-refractivity contribution in [3.8, 4) is 0 Å². The number of amides is 1. The topological polar surface area (TPSA) is 72.3 Å². The summed E-state index contributed by atoms with van der Waals surface area (Å²) in [5, 5.41) is 0.